The summed E-state index contributed by atoms with van der Waals surface area (Å²) in [5, 5.41) is 2.75. The molecule has 3 rings (SSSR count). The number of carbonyl (C=O) groups is 3. The molecule has 0 spiro atoms. The fourth-order valence-electron chi connectivity index (χ4n) is 3.70. The van der Waals surface area contributed by atoms with Gasteiger partial charge in [0.25, 0.3) is 0 Å². The number of esters is 1. The van der Waals surface area contributed by atoms with Crippen LogP contribution in [0.5, 0.6) is 5.75 Å². The molecule has 2 aliphatic heterocycles. The van der Waals surface area contributed by atoms with Gasteiger partial charge in [0.05, 0.1) is 27.2 Å². The number of amides is 2. The summed E-state index contributed by atoms with van der Waals surface area (Å²) in [6.07, 6.45) is -0.0547. The zero-order valence-corrected chi connectivity index (χ0v) is 16.9. The third kappa shape index (κ3) is 5.17. The van der Waals surface area contributed by atoms with Crippen molar-refractivity contribution in [2.45, 2.75) is 12.5 Å². The van der Waals surface area contributed by atoms with Gasteiger partial charge in [-0.2, -0.15) is 0 Å². The van der Waals surface area contributed by atoms with Crippen LogP contribution in [0, 0.1) is 0 Å². The van der Waals surface area contributed by atoms with E-state index in [-0.39, 0.29) is 24.8 Å². The highest BCUT2D eigenvalue weighted by Gasteiger charge is 2.34. The van der Waals surface area contributed by atoms with E-state index in [1.807, 2.05) is 29.2 Å². The van der Waals surface area contributed by atoms with Gasteiger partial charge in [-0.1, -0.05) is 0 Å². The zero-order valence-electron chi connectivity index (χ0n) is 16.9. The Hall–Kier alpha value is -2.81. The maximum atomic E-state index is 12.8. The van der Waals surface area contributed by atoms with Crippen molar-refractivity contribution in [3.8, 4) is 5.75 Å². The molecular formula is C20H28N4O5. The van der Waals surface area contributed by atoms with Gasteiger partial charge in [-0.25, -0.2) is 0 Å². The summed E-state index contributed by atoms with van der Waals surface area (Å²) in [6, 6.07) is 7.21. The van der Waals surface area contributed by atoms with E-state index in [4.69, 9.17) is 4.74 Å². The number of hydrogen-bond donors (Lipinski definition) is 1. The van der Waals surface area contributed by atoms with Crippen LogP contribution in [-0.2, 0) is 19.1 Å². The van der Waals surface area contributed by atoms with Crippen molar-refractivity contribution in [3.05, 3.63) is 24.3 Å². The smallest absolute Gasteiger partial charge is 0.307 e. The summed E-state index contributed by atoms with van der Waals surface area (Å²) >= 11 is 0. The van der Waals surface area contributed by atoms with Gasteiger partial charge < -0.3 is 24.6 Å². The summed E-state index contributed by atoms with van der Waals surface area (Å²) in [5.41, 5.74) is 1.10. The van der Waals surface area contributed by atoms with Crippen LogP contribution >= 0.6 is 0 Å². The van der Waals surface area contributed by atoms with Gasteiger partial charge in [0, 0.05) is 45.0 Å². The molecule has 2 fully saturated rings. The number of rotatable bonds is 6. The van der Waals surface area contributed by atoms with Crippen LogP contribution in [0.15, 0.2) is 24.3 Å². The Kier molecular flexibility index (Phi) is 6.92. The molecule has 1 atom stereocenters. The fraction of sp³-hybridized carbons (Fsp3) is 0.550. The van der Waals surface area contributed by atoms with E-state index in [0.29, 0.717) is 26.2 Å². The normalized spacial score (nSPS) is 20.2. The van der Waals surface area contributed by atoms with Crippen LogP contribution in [0.3, 0.4) is 0 Å². The lowest BCUT2D eigenvalue weighted by atomic mass is 10.1. The van der Waals surface area contributed by atoms with Crippen LogP contribution < -0.4 is 15.0 Å². The standard InChI is InChI=1S/C20H28N4O5/c1-28-16-5-3-15(4-6-16)22-9-11-23(12-10-22)18(25)14-24-8-7-21-20(27)17(24)13-19(26)29-2/h3-6,17H,7-14H2,1-2H3,(H,21,27). The van der Waals surface area contributed by atoms with E-state index in [2.05, 4.69) is 15.0 Å². The molecular weight excluding hydrogens is 376 g/mol. The van der Waals surface area contributed by atoms with Crippen molar-refractivity contribution in [1.82, 2.24) is 15.1 Å². The Morgan fingerprint density at radius 3 is 2.38 bits per heavy atom. The molecule has 0 aliphatic carbocycles. The highest BCUT2D eigenvalue weighted by Crippen LogP contribution is 2.20. The van der Waals surface area contributed by atoms with Crippen molar-refractivity contribution < 1.29 is 23.9 Å². The first-order chi connectivity index (χ1) is 14.0. The molecule has 1 aromatic carbocycles. The molecule has 158 valence electrons. The van der Waals surface area contributed by atoms with Crippen molar-refractivity contribution >= 4 is 23.5 Å². The highest BCUT2D eigenvalue weighted by molar-refractivity contribution is 5.88. The molecule has 0 radical (unpaired) electrons. The first-order valence-electron chi connectivity index (χ1n) is 9.77. The van der Waals surface area contributed by atoms with Crippen LogP contribution in [0.2, 0.25) is 0 Å². The quantitative estimate of drug-likeness (QED) is 0.652. The lowest BCUT2D eigenvalue weighted by Gasteiger charge is -2.39. The summed E-state index contributed by atoms with van der Waals surface area (Å²) < 4.78 is 9.88. The van der Waals surface area contributed by atoms with Crippen molar-refractivity contribution in [1.29, 1.82) is 0 Å². The Morgan fingerprint density at radius 2 is 1.76 bits per heavy atom. The summed E-state index contributed by atoms with van der Waals surface area (Å²) in [6.45, 7) is 3.84. The second-order valence-electron chi connectivity index (χ2n) is 7.12. The molecule has 0 bridgehead atoms. The second kappa shape index (κ2) is 9.60. The molecule has 1 unspecified atom stereocenters. The monoisotopic (exact) mass is 404 g/mol. The van der Waals surface area contributed by atoms with Gasteiger partial charge in [0.1, 0.15) is 11.8 Å². The minimum absolute atomic E-state index is 0.0241. The topological polar surface area (TPSA) is 91.4 Å². The van der Waals surface area contributed by atoms with Gasteiger partial charge in [-0.15, -0.1) is 0 Å². The lowest BCUT2D eigenvalue weighted by Crippen LogP contribution is -2.59. The number of carbonyl (C=O) groups excluding carboxylic acids is 3. The van der Waals surface area contributed by atoms with Gasteiger partial charge >= 0.3 is 5.97 Å². The number of nitrogens with zero attached hydrogens (tertiary/aromatic N) is 3. The number of anilines is 1. The third-order valence-electron chi connectivity index (χ3n) is 5.44. The minimum Gasteiger partial charge on any atom is -0.497 e. The number of benzene rings is 1. The van der Waals surface area contributed by atoms with E-state index in [1.165, 1.54) is 7.11 Å². The number of nitrogens with one attached hydrogen (secondary N) is 1. The Balaban J connectivity index is 1.54. The Morgan fingerprint density at radius 1 is 1.07 bits per heavy atom. The molecule has 9 heteroatoms. The predicted octanol–water partition coefficient (Wildman–Crippen LogP) is -0.293. The number of ether oxygens (including phenoxy) is 2. The van der Waals surface area contributed by atoms with Crippen LogP contribution in [-0.4, -0.2) is 93.7 Å². The van der Waals surface area contributed by atoms with Crippen LogP contribution in [0.25, 0.3) is 0 Å². The number of hydrogen-bond acceptors (Lipinski definition) is 7. The molecule has 2 heterocycles. The van der Waals surface area contributed by atoms with Gasteiger partial charge in [0.2, 0.25) is 11.8 Å². The molecule has 29 heavy (non-hydrogen) atoms. The van der Waals surface area contributed by atoms with Crippen molar-refractivity contribution in [2.24, 2.45) is 0 Å². The van der Waals surface area contributed by atoms with E-state index in [9.17, 15) is 14.4 Å². The van der Waals surface area contributed by atoms with Crippen LogP contribution in [0.4, 0.5) is 5.69 Å². The minimum atomic E-state index is -0.666. The van der Waals surface area contributed by atoms with E-state index >= 15 is 0 Å². The highest BCUT2D eigenvalue weighted by atomic mass is 16.5. The Bertz CT molecular complexity index is 731. The molecule has 0 saturated carbocycles. The molecule has 1 N–H and O–H groups in total. The van der Waals surface area contributed by atoms with E-state index in [1.54, 1.807) is 12.0 Å². The molecule has 9 nitrogen and oxygen atoms in total. The summed E-state index contributed by atoms with van der Waals surface area (Å²) in [7, 11) is 2.93. The SMILES string of the molecule is COC(=O)CC1C(=O)NCCN1CC(=O)N1CCN(c2ccc(OC)cc2)CC1. The molecule has 2 amide bonds. The third-order valence-corrected chi connectivity index (χ3v) is 5.44. The largest absolute Gasteiger partial charge is 0.497 e. The summed E-state index contributed by atoms with van der Waals surface area (Å²) in [4.78, 5) is 42.4. The fourth-order valence-corrected chi connectivity index (χ4v) is 3.70. The lowest BCUT2D eigenvalue weighted by molar-refractivity contribution is -0.147. The predicted molar refractivity (Wildman–Crippen MR) is 107 cm³/mol. The average Bonchev–Trinajstić information content (AvgIpc) is 2.76. The maximum absolute atomic E-state index is 12.8. The number of piperazine rings is 2. The first-order valence-corrected chi connectivity index (χ1v) is 9.77. The average molecular weight is 404 g/mol. The number of methoxy groups -OCH3 is 2. The van der Waals surface area contributed by atoms with Gasteiger partial charge in [-0.3, -0.25) is 19.3 Å². The maximum Gasteiger partial charge on any atom is 0.307 e. The zero-order chi connectivity index (χ0) is 20.8. The van der Waals surface area contributed by atoms with Crippen LogP contribution in [0.1, 0.15) is 6.42 Å². The molecule has 0 aromatic heterocycles. The van der Waals surface area contributed by atoms with Crippen molar-refractivity contribution in [3.63, 3.8) is 0 Å². The molecule has 1 aromatic rings. The van der Waals surface area contributed by atoms with Gasteiger partial charge in [0.15, 0.2) is 0 Å². The van der Waals surface area contributed by atoms with Gasteiger partial charge in [-0.05, 0) is 24.3 Å². The van der Waals surface area contributed by atoms with E-state index < -0.39 is 12.0 Å². The van der Waals surface area contributed by atoms with E-state index in [0.717, 1.165) is 24.5 Å². The summed E-state index contributed by atoms with van der Waals surface area (Å²) in [5.74, 6) is 0.0926. The molecule has 2 saturated heterocycles. The molecule has 2 aliphatic rings. The Labute approximate surface area is 170 Å². The van der Waals surface area contributed by atoms with Crippen molar-refractivity contribution in [2.75, 3.05) is 64.9 Å². The first kappa shape index (κ1) is 20.9. The second-order valence-corrected chi connectivity index (χ2v) is 7.12.